The Balaban J connectivity index is 1.90. The van der Waals surface area contributed by atoms with Gasteiger partial charge in [0.1, 0.15) is 5.75 Å². The number of nitrogens with one attached hydrogen (secondary N) is 2. The van der Waals surface area contributed by atoms with Crippen molar-refractivity contribution in [3.63, 3.8) is 0 Å². The van der Waals surface area contributed by atoms with E-state index < -0.39 is 0 Å². The lowest BCUT2D eigenvalue weighted by molar-refractivity contribution is 0.146. The maximum Gasteiger partial charge on any atom is 0.142 e. The van der Waals surface area contributed by atoms with E-state index >= 15 is 0 Å². The minimum Gasteiger partial charge on any atom is -0.492 e. The summed E-state index contributed by atoms with van der Waals surface area (Å²) < 4.78 is 5.58. The Morgan fingerprint density at radius 2 is 2.32 bits per heavy atom. The molecule has 2 rings (SSSR count). The van der Waals surface area contributed by atoms with Crippen LogP contribution < -0.4 is 15.4 Å². The Labute approximate surface area is 119 Å². The van der Waals surface area contributed by atoms with Gasteiger partial charge in [-0.25, -0.2) is 0 Å². The maximum atomic E-state index is 9.72. The molecule has 0 spiro atoms. The number of hydrogen-bond donors (Lipinski definition) is 3. The molecule has 1 heterocycles. The lowest BCUT2D eigenvalue weighted by Crippen LogP contribution is -2.30. The van der Waals surface area contributed by atoms with E-state index in [2.05, 4.69) is 10.6 Å². The monoisotopic (exact) mass is 284 g/mol. The van der Waals surface area contributed by atoms with E-state index in [-0.39, 0.29) is 12.0 Å². The predicted octanol–water partition coefficient (Wildman–Crippen LogP) is 1.41. The molecule has 1 aromatic carbocycles. The summed E-state index contributed by atoms with van der Waals surface area (Å²) >= 11 is 6.13. The van der Waals surface area contributed by atoms with E-state index in [0.29, 0.717) is 24.7 Å². The van der Waals surface area contributed by atoms with E-state index in [0.717, 1.165) is 24.4 Å². The lowest BCUT2D eigenvalue weighted by Gasteiger charge is -2.16. The summed E-state index contributed by atoms with van der Waals surface area (Å²) in [6, 6.07) is 5.77. The molecule has 1 saturated heterocycles. The average Bonchev–Trinajstić information content (AvgIpc) is 2.79. The summed E-state index contributed by atoms with van der Waals surface area (Å²) in [7, 11) is 0. The summed E-state index contributed by atoms with van der Waals surface area (Å²) in [4.78, 5) is 0. The van der Waals surface area contributed by atoms with Gasteiger partial charge in [0, 0.05) is 37.7 Å². The molecule has 106 valence electrons. The summed E-state index contributed by atoms with van der Waals surface area (Å²) in [5, 5.41) is 16.9. The molecule has 0 amide bonds. The van der Waals surface area contributed by atoms with Crippen LogP contribution in [0, 0.1) is 5.92 Å². The molecule has 1 aromatic rings. The third-order valence-electron chi connectivity index (χ3n) is 3.36. The maximum absolute atomic E-state index is 9.72. The van der Waals surface area contributed by atoms with Gasteiger partial charge < -0.3 is 20.5 Å². The molecule has 3 N–H and O–H groups in total. The van der Waals surface area contributed by atoms with Crippen molar-refractivity contribution in [2.75, 3.05) is 26.2 Å². The SMILES string of the molecule is CCOc1c(Cl)cccc1CNCC1CNCC1O. The highest BCUT2D eigenvalue weighted by molar-refractivity contribution is 6.32. The summed E-state index contributed by atoms with van der Waals surface area (Å²) in [6.45, 7) is 5.57. The van der Waals surface area contributed by atoms with Crippen molar-refractivity contribution in [1.29, 1.82) is 0 Å². The molecule has 1 aliphatic heterocycles. The van der Waals surface area contributed by atoms with Crippen molar-refractivity contribution in [2.24, 2.45) is 5.92 Å². The predicted molar refractivity (Wildman–Crippen MR) is 76.7 cm³/mol. The number of aliphatic hydroxyl groups excluding tert-OH is 1. The normalized spacial score (nSPS) is 22.7. The number of rotatable bonds is 6. The molecule has 0 saturated carbocycles. The van der Waals surface area contributed by atoms with Crippen molar-refractivity contribution in [3.8, 4) is 5.75 Å². The molecule has 5 heteroatoms. The molecule has 0 aliphatic carbocycles. The number of benzene rings is 1. The fraction of sp³-hybridized carbons (Fsp3) is 0.571. The van der Waals surface area contributed by atoms with Crippen LogP contribution in [0.4, 0.5) is 0 Å². The molecule has 4 nitrogen and oxygen atoms in total. The fourth-order valence-corrected chi connectivity index (χ4v) is 2.57. The molecule has 1 aliphatic rings. The Hall–Kier alpha value is -0.810. The van der Waals surface area contributed by atoms with Gasteiger partial charge in [-0.15, -0.1) is 0 Å². The second-order valence-corrected chi connectivity index (χ2v) is 5.18. The quantitative estimate of drug-likeness (QED) is 0.739. The van der Waals surface area contributed by atoms with Crippen LogP contribution in [0.5, 0.6) is 5.75 Å². The Bertz CT molecular complexity index is 414. The molecule has 1 fully saturated rings. The highest BCUT2D eigenvalue weighted by Crippen LogP contribution is 2.28. The van der Waals surface area contributed by atoms with Crippen LogP contribution in [0.2, 0.25) is 5.02 Å². The van der Waals surface area contributed by atoms with Crippen LogP contribution in [-0.2, 0) is 6.54 Å². The van der Waals surface area contributed by atoms with Crippen LogP contribution in [0.25, 0.3) is 0 Å². The molecule has 0 aromatic heterocycles. The minimum atomic E-state index is -0.252. The van der Waals surface area contributed by atoms with E-state index in [4.69, 9.17) is 16.3 Å². The Morgan fingerprint density at radius 1 is 1.47 bits per heavy atom. The average molecular weight is 285 g/mol. The first kappa shape index (κ1) is 14.6. The zero-order valence-corrected chi connectivity index (χ0v) is 11.9. The van der Waals surface area contributed by atoms with Crippen LogP contribution in [0.1, 0.15) is 12.5 Å². The third kappa shape index (κ3) is 3.83. The van der Waals surface area contributed by atoms with Gasteiger partial charge in [0.15, 0.2) is 0 Å². The first-order valence-electron chi connectivity index (χ1n) is 6.72. The van der Waals surface area contributed by atoms with Gasteiger partial charge in [-0.1, -0.05) is 23.7 Å². The number of para-hydroxylation sites is 1. The molecule has 2 atom stereocenters. The summed E-state index contributed by atoms with van der Waals surface area (Å²) in [5.74, 6) is 1.03. The number of aliphatic hydroxyl groups is 1. The summed E-state index contributed by atoms with van der Waals surface area (Å²) in [5.41, 5.74) is 1.05. The minimum absolute atomic E-state index is 0.252. The van der Waals surface area contributed by atoms with E-state index in [1.54, 1.807) is 0 Å². The van der Waals surface area contributed by atoms with Crippen LogP contribution in [-0.4, -0.2) is 37.5 Å². The number of hydrogen-bond acceptors (Lipinski definition) is 4. The lowest BCUT2D eigenvalue weighted by atomic mass is 10.1. The van der Waals surface area contributed by atoms with E-state index in [1.165, 1.54) is 0 Å². The fourth-order valence-electron chi connectivity index (χ4n) is 2.32. The largest absolute Gasteiger partial charge is 0.492 e. The van der Waals surface area contributed by atoms with Gasteiger partial charge in [-0.05, 0) is 13.0 Å². The highest BCUT2D eigenvalue weighted by atomic mass is 35.5. The van der Waals surface area contributed by atoms with Gasteiger partial charge in [-0.2, -0.15) is 0 Å². The van der Waals surface area contributed by atoms with E-state index in [1.807, 2.05) is 25.1 Å². The Morgan fingerprint density at radius 3 is 3.00 bits per heavy atom. The highest BCUT2D eigenvalue weighted by Gasteiger charge is 2.24. The van der Waals surface area contributed by atoms with Crippen LogP contribution in [0.15, 0.2) is 18.2 Å². The van der Waals surface area contributed by atoms with Crippen molar-refractivity contribution >= 4 is 11.6 Å². The van der Waals surface area contributed by atoms with Gasteiger partial charge in [0.25, 0.3) is 0 Å². The first-order valence-corrected chi connectivity index (χ1v) is 7.09. The molecule has 0 bridgehead atoms. The van der Waals surface area contributed by atoms with Gasteiger partial charge in [-0.3, -0.25) is 0 Å². The second-order valence-electron chi connectivity index (χ2n) is 4.78. The van der Waals surface area contributed by atoms with Crippen LogP contribution in [0.3, 0.4) is 0 Å². The number of halogens is 1. The van der Waals surface area contributed by atoms with Gasteiger partial charge in [0.2, 0.25) is 0 Å². The zero-order chi connectivity index (χ0) is 13.7. The van der Waals surface area contributed by atoms with Crippen molar-refractivity contribution < 1.29 is 9.84 Å². The van der Waals surface area contributed by atoms with Crippen molar-refractivity contribution in [3.05, 3.63) is 28.8 Å². The number of ether oxygens (including phenoxy) is 1. The second kappa shape index (κ2) is 7.10. The molecule has 19 heavy (non-hydrogen) atoms. The van der Waals surface area contributed by atoms with E-state index in [9.17, 15) is 5.11 Å². The summed E-state index contributed by atoms with van der Waals surface area (Å²) in [6.07, 6.45) is -0.252. The van der Waals surface area contributed by atoms with Gasteiger partial charge >= 0.3 is 0 Å². The standard InChI is InChI=1S/C14H21ClN2O2/c1-2-19-14-10(4-3-5-12(14)15)6-16-7-11-8-17-9-13(11)18/h3-5,11,13,16-18H,2,6-9H2,1H3. The molecular weight excluding hydrogens is 264 g/mol. The van der Waals surface area contributed by atoms with Crippen molar-refractivity contribution in [2.45, 2.75) is 19.6 Å². The number of β-amino-alcohol motifs (C(OH)–C–C–N with tert-alkyl or cyclic N) is 1. The van der Waals surface area contributed by atoms with Crippen molar-refractivity contribution in [1.82, 2.24) is 10.6 Å². The van der Waals surface area contributed by atoms with Gasteiger partial charge in [0.05, 0.1) is 17.7 Å². The topological polar surface area (TPSA) is 53.5 Å². The zero-order valence-electron chi connectivity index (χ0n) is 11.2. The smallest absolute Gasteiger partial charge is 0.142 e. The first-order chi connectivity index (χ1) is 9.22. The molecular formula is C14H21ClN2O2. The third-order valence-corrected chi connectivity index (χ3v) is 3.66. The molecule has 0 radical (unpaired) electrons. The molecule has 2 unspecified atom stereocenters. The Kier molecular flexibility index (Phi) is 5.45. The van der Waals surface area contributed by atoms with Crippen LogP contribution >= 0.6 is 11.6 Å².